The van der Waals surface area contributed by atoms with Gasteiger partial charge in [0.1, 0.15) is 5.01 Å². The van der Waals surface area contributed by atoms with Gasteiger partial charge in [0.15, 0.2) is 0 Å². The van der Waals surface area contributed by atoms with Crippen LogP contribution in [0.4, 0.5) is 0 Å². The molecule has 1 aliphatic rings. The Morgan fingerprint density at radius 3 is 2.70 bits per heavy atom. The Labute approximate surface area is 196 Å². The van der Waals surface area contributed by atoms with Crippen molar-refractivity contribution in [2.45, 2.75) is 23.5 Å². The molecule has 0 spiro atoms. The number of hydrogen-bond acceptors (Lipinski definition) is 4. The smallest absolute Gasteiger partial charge is 0.124 e. The SMILES string of the molecule is Cl.Clc1ccc2c(c1SCc1ccc3nc(-c4ccccc4)sc3c1)CCNCC2. The molecule has 154 valence electrons. The number of halogens is 2. The second-order valence-corrected chi connectivity index (χ2v) is 9.66. The largest absolute Gasteiger partial charge is 0.316 e. The van der Waals surface area contributed by atoms with Gasteiger partial charge in [-0.3, -0.25) is 0 Å². The first-order valence-electron chi connectivity index (χ1n) is 9.86. The predicted octanol–water partition coefficient (Wildman–Crippen LogP) is 7.02. The number of fused-ring (bicyclic) bond motifs is 2. The first-order valence-corrected chi connectivity index (χ1v) is 12.0. The maximum Gasteiger partial charge on any atom is 0.124 e. The summed E-state index contributed by atoms with van der Waals surface area (Å²) < 4.78 is 1.24. The summed E-state index contributed by atoms with van der Waals surface area (Å²) in [4.78, 5) is 6.06. The monoisotopic (exact) mass is 472 g/mol. The van der Waals surface area contributed by atoms with Crippen LogP contribution in [0.25, 0.3) is 20.8 Å². The molecule has 0 atom stereocenters. The van der Waals surface area contributed by atoms with Gasteiger partial charge in [0.05, 0.1) is 15.2 Å². The summed E-state index contributed by atoms with van der Waals surface area (Å²) in [5, 5.41) is 5.45. The van der Waals surface area contributed by atoms with Gasteiger partial charge < -0.3 is 5.32 Å². The van der Waals surface area contributed by atoms with Crippen LogP contribution in [0, 0.1) is 0 Å². The van der Waals surface area contributed by atoms with Crippen LogP contribution in [-0.2, 0) is 18.6 Å². The molecule has 0 saturated carbocycles. The molecule has 6 heteroatoms. The molecular formula is C24H22Cl2N2S2. The van der Waals surface area contributed by atoms with Gasteiger partial charge in [-0.25, -0.2) is 4.98 Å². The van der Waals surface area contributed by atoms with Gasteiger partial charge in [0.25, 0.3) is 0 Å². The van der Waals surface area contributed by atoms with Gasteiger partial charge >= 0.3 is 0 Å². The molecule has 0 unspecified atom stereocenters. The van der Waals surface area contributed by atoms with Crippen molar-refractivity contribution >= 4 is 57.3 Å². The lowest BCUT2D eigenvalue weighted by Crippen LogP contribution is -2.16. The summed E-state index contributed by atoms with van der Waals surface area (Å²) in [6.07, 6.45) is 2.13. The standard InChI is InChI=1S/C24H21ClN2S2.ClH/c25-20-8-7-17-10-12-26-13-11-19(17)23(20)28-15-16-6-9-21-22(14-16)29-24(27-21)18-4-2-1-3-5-18;/h1-9,14,26H,10-13,15H2;1H. The van der Waals surface area contributed by atoms with Crippen LogP contribution >= 0.6 is 47.1 Å². The van der Waals surface area contributed by atoms with Gasteiger partial charge in [-0.15, -0.1) is 35.5 Å². The lowest BCUT2D eigenvalue weighted by Gasteiger charge is -2.14. The van der Waals surface area contributed by atoms with E-state index in [0.29, 0.717) is 0 Å². The fourth-order valence-corrected chi connectivity index (χ4v) is 6.26. The zero-order valence-corrected chi connectivity index (χ0v) is 19.6. The molecular weight excluding hydrogens is 451 g/mol. The Morgan fingerprint density at radius 1 is 1.00 bits per heavy atom. The molecule has 0 saturated heterocycles. The Balaban J connectivity index is 0.00000218. The summed E-state index contributed by atoms with van der Waals surface area (Å²) in [6.45, 7) is 2.07. The summed E-state index contributed by atoms with van der Waals surface area (Å²) in [5.74, 6) is 0.915. The predicted molar refractivity (Wildman–Crippen MR) is 134 cm³/mol. The van der Waals surface area contributed by atoms with Crippen molar-refractivity contribution in [3.05, 3.63) is 82.4 Å². The van der Waals surface area contributed by atoms with Crippen molar-refractivity contribution < 1.29 is 0 Å². The van der Waals surface area contributed by atoms with Crippen molar-refractivity contribution in [1.82, 2.24) is 10.3 Å². The minimum Gasteiger partial charge on any atom is -0.316 e. The average molecular weight is 473 g/mol. The Bertz CT molecular complexity index is 1160. The molecule has 0 bridgehead atoms. The fraction of sp³-hybridized carbons (Fsp3) is 0.208. The van der Waals surface area contributed by atoms with E-state index in [1.807, 2.05) is 17.8 Å². The molecule has 2 heterocycles. The summed E-state index contributed by atoms with van der Waals surface area (Å²) in [6, 6.07) is 21.3. The number of thiazole rings is 1. The van der Waals surface area contributed by atoms with Gasteiger partial charge in [-0.05, 0) is 60.8 Å². The van der Waals surface area contributed by atoms with E-state index in [9.17, 15) is 0 Å². The van der Waals surface area contributed by atoms with Crippen molar-refractivity contribution in [3.63, 3.8) is 0 Å². The highest BCUT2D eigenvalue weighted by molar-refractivity contribution is 7.98. The van der Waals surface area contributed by atoms with Crippen LogP contribution in [0.1, 0.15) is 16.7 Å². The third-order valence-corrected chi connectivity index (χ3v) is 8.02. The highest BCUT2D eigenvalue weighted by atomic mass is 35.5. The number of nitrogens with zero attached hydrogens (tertiary/aromatic N) is 1. The van der Waals surface area contributed by atoms with Gasteiger partial charge in [-0.2, -0.15) is 0 Å². The summed E-state index contributed by atoms with van der Waals surface area (Å²) in [5.41, 5.74) is 6.42. The van der Waals surface area contributed by atoms with Gasteiger partial charge in [-0.1, -0.05) is 54.1 Å². The average Bonchev–Trinajstić information content (AvgIpc) is 3.03. The van der Waals surface area contributed by atoms with Crippen LogP contribution in [0.15, 0.2) is 65.6 Å². The highest BCUT2D eigenvalue weighted by Gasteiger charge is 2.15. The summed E-state index contributed by atoms with van der Waals surface area (Å²) in [7, 11) is 0. The number of aromatic nitrogens is 1. The van der Waals surface area contributed by atoms with Gasteiger partial charge in [0, 0.05) is 16.2 Å². The zero-order valence-electron chi connectivity index (χ0n) is 16.4. The van der Waals surface area contributed by atoms with E-state index in [1.54, 1.807) is 11.3 Å². The highest BCUT2D eigenvalue weighted by Crippen LogP contribution is 2.37. The van der Waals surface area contributed by atoms with Crippen LogP contribution < -0.4 is 5.32 Å². The number of rotatable bonds is 4. The van der Waals surface area contributed by atoms with E-state index in [1.165, 1.54) is 31.8 Å². The molecule has 0 fully saturated rings. The van der Waals surface area contributed by atoms with Crippen LogP contribution in [0.5, 0.6) is 0 Å². The maximum atomic E-state index is 6.60. The van der Waals surface area contributed by atoms with E-state index in [-0.39, 0.29) is 12.4 Å². The second-order valence-electron chi connectivity index (χ2n) is 7.24. The van der Waals surface area contributed by atoms with E-state index >= 15 is 0 Å². The molecule has 0 radical (unpaired) electrons. The molecule has 0 aliphatic carbocycles. The van der Waals surface area contributed by atoms with E-state index in [2.05, 4.69) is 59.9 Å². The third-order valence-electron chi connectivity index (χ3n) is 5.29. The normalized spacial score (nSPS) is 13.5. The van der Waals surface area contributed by atoms with Crippen molar-refractivity contribution in [3.8, 4) is 10.6 Å². The zero-order chi connectivity index (χ0) is 19.6. The van der Waals surface area contributed by atoms with Crippen LogP contribution in [0.3, 0.4) is 0 Å². The number of nitrogens with one attached hydrogen (secondary N) is 1. The third kappa shape index (κ3) is 4.53. The van der Waals surface area contributed by atoms with E-state index in [4.69, 9.17) is 16.6 Å². The Hall–Kier alpha value is -1.56. The number of thioether (sulfide) groups is 1. The van der Waals surface area contributed by atoms with Crippen molar-refractivity contribution in [1.29, 1.82) is 0 Å². The van der Waals surface area contributed by atoms with Crippen molar-refractivity contribution in [2.75, 3.05) is 13.1 Å². The van der Waals surface area contributed by atoms with Gasteiger partial charge in [0.2, 0.25) is 0 Å². The fourth-order valence-electron chi connectivity index (χ4n) is 3.78. The number of hydrogen-bond donors (Lipinski definition) is 1. The van der Waals surface area contributed by atoms with E-state index < -0.39 is 0 Å². The Kier molecular flexibility index (Phi) is 7.01. The minimum absolute atomic E-state index is 0. The number of benzene rings is 3. The van der Waals surface area contributed by atoms with Crippen LogP contribution in [0.2, 0.25) is 5.02 Å². The molecule has 1 aliphatic heterocycles. The second kappa shape index (κ2) is 9.71. The van der Waals surface area contributed by atoms with E-state index in [0.717, 1.165) is 47.2 Å². The maximum absolute atomic E-state index is 6.60. The minimum atomic E-state index is 0. The molecule has 2 nitrogen and oxygen atoms in total. The first kappa shape index (κ1) is 21.7. The first-order chi connectivity index (χ1) is 14.3. The molecule has 0 amide bonds. The molecule has 5 rings (SSSR count). The quantitative estimate of drug-likeness (QED) is 0.323. The van der Waals surface area contributed by atoms with Crippen LogP contribution in [-0.4, -0.2) is 18.1 Å². The molecule has 3 aromatic carbocycles. The lowest BCUT2D eigenvalue weighted by atomic mass is 10.0. The molecule has 30 heavy (non-hydrogen) atoms. The topological polar surface area (TPSA) is 24.9 Å². The molecule has 1 N–H and O–H groups in total. The summed E-state index contributed by atoms with van der Waals surface area (Å²) >= 11 is 10.2. The molecule has 1 aromatic heterocycles. The Morgan fingerprint density at radius 2 is 1.83 bits per heavy atom. The lowest BCUT2D eigenvalue weighted by molar-refractivity contribution is 0.709. The molecule has 4 aromatic rings. The van der Waals surface area contributed by atoms with Crippen molar-refractivity contribution in [2.24, 2.45) is 0 Å².